The highest BCUT2D eigenvalue weighted by Gasteiger charge is 2.13. The Labute approximate surface area is 132 Å². The molecule has 0 radical (unpaired) electrons. The van der Waals surface area contributed by atoms with Gasteiger partial charge < -0.3 is 20.5 Å². The van der Waals surface area contributed by atoms with E-state index >= 15 is 0 Å². The first-order valence-electron chi connectivity index (χ1n) is 6.67. The summed E-state index contributed by atoms with van der Waals surface area (Å²) in [4.78, 5) is 23.1. The first-order chi connectivity index (χ1) is 11.0. The van der Waals surface area contributed by atoms with Crippen LogP contribution in [-0.2, 0) is 9.53 Å². The largest absolute Gasteiger partial charge is 0.468 e. The van der Waals surface area contributed by atoms with Gasteiger partial charge in [-0.1, -0.05) is 0 Å². The van der Waals surface area contributed by atoms with Crippen LogP contribution >= 0.6 is 0 Å². The van der Waals surface area contributed by atoms with E-state index in [0.717, 1.165) is 0 Å². The van der Waals surface area contributed by atoms with Crippen molar-refractivity contribution in [3.05, 3.63) is 53.8 Å². The lowest BCUT2D eigenvalue weighted by Crippen LogP contribution is -2.30. The summed E-state index contributed by atoms with van der Waals surface area (Å²) in [7, 11) is 1.22. The zero-order chi connectivity index (χ0) is 16.8. The minimum absolute atomic E-state index is 0.161. The number of nitrogens with two attached hydrogens (primary N) is 1. The average Bonchev–Trinajstić information content (AvgIpc) is 2.56. The minimum atomic E-state index is -0.573. The molecule has 23 heavy (non-hydrogen) atoms. The van der Waals surface area contributed by atoms with Gasteiger partial charge in [0.25, 0.3) is 5.91 Å². The van der Waals surface area contributed by atoms with Crippen LogP contribution in [0.3, 0.4) is 0 Å². The van der Waals surface area contributed by atoms with Crippen LogP contribution in [0.4, 0.5) is 10.1 Å². The van der Waals surface area contributed by atoms with E-state index in [1.165, 1.54) is 43.5 Å². The van der Waals surface area contributed by atoms with Crippen LogP contribution in [0.2, 0.25) is 0 Å². The Kier molecular flexibility index (Phi) is 5.14. The highest BCUT2D eigenvalue weighted by molar-refractivity contribution is 6.00. The molecular formula is C16H15FN2O4. The quantitative estimate of drug-likeness (QED) is 0.651. The number of rotatable bonds is 5. The fraction of sp³-hybridized carbons (Fsp3) is 0.125. The van der Waals surface area contributed by atoms with Crippen LogP contribution in [-0.4, -0.2) is 25.5 Å². The third-order valence-corrected chi connectivity index (χ3v) is 2.94. The summed E-state index contributed by atoms with van der Waals surface area (Å²) in [6, 6.07) is 9.96. The molecule has 3 N–H and O–H groups in total. The van der Waals surface area contributed by atoms with Crippen molar-refractivity contribution in [2.45, 2.75) is 0 Å². The number of hydrogen-bond acceptors (Lipinski definition) is 5. The minimum Gasteiger partial charge on any atom is -0.468 e. The zero-order valence-corrected chi connectivity index (χ0v) is 12.3. The van der Waals surface area contributed by atoms with Gasteiger partial charge in [0, 0.05) is 5.69 Å². The standard InChI is InChI=1S/C16H15FN2O4/c1-22-15(20)9-19-16(21)13-8-12(6-7-14(13)18)23-11-4-2-10(17)3-5-11/h2-8H,9,18H2,1H3,(H,19,21). The van der Waals surface area contributed by atoms with Crippen molar-refractivity contribution >= 4 is 17.6 Å². The number of benzene rings is 2. The monoisotopic (exact) mass is 318 g/mol. The molecule has 2 aromatic rings. The molecule has 0 heterocycles. The van der Waals surface area contributed by atoms with Crippen LogP contribution < -0.4 is 15.8 Å². The molecule has 120 valence electrons. The SMILES string of the molecule is COC(=O)CNC(=O)c1cc(Oc2ccc(F)cc2)ccc1N. The summed E-state index contributed by atoms with van der Waals surface area (Å²) in [6.45, 7) is -0.266. The normalized spacial score (nSPS) is 10.0. The molecule has 6 nitrogen and oxygen atoms in total. The number of nitrogen functional groups attached to an aromatic ring is 1. The number of methoxy groups -OCH3 is 1. The van der Waals surface area contributed by atoms with Gasteiger partial charge >= 0.3 is 5.97 Å². The van der Waals surface area contributed by atoms with E-state index < -0.39 is 11.9 Å². The number of carbonyl (C=O) groups is 2. The average molecular weight is 318 g/mol. The molecule has 0 aliphatic heterocycles. The van der Waals surface area contributed by atoms with E-state index in [1.807, 2.05) is 0 Å². The molecule has 0 spiro atoms. The number of ether oxygens (including phenoxy) is 2. The molecule has 0 saturated heterocycles. The summed E-state index contributed by atoms with van der Waals surface area (Å²) >= 11 is 0. The molecule has 0 fully saturated rings. The number of amides is 1. The number of esters is 1. The number of nitrogens with one attached hydrogen (secondary N) is 1. The van der Waals surface area contributed by atoms with Gasteiger partial charge in [0.2, 0.25) is 0 Å². The third kappa shape index (κ3) is 4.44. The van der Waals surface area contributed by atoms with Crippen molar-refractivity contribution in [1.82, 2.24) is 5.32 Å². The Morgan fingerprint density at radius 2 is 1.78 bits per heavy atom. The second-order valence-electron chi connectivity index (χ2n) is 4.56. The van der Waals surface area contributed by atoms with Gasteiger partial charge in [-0.3, -0.25) is 9.59 Å². The van der Waals surface area contributed by atoms with Crippen LogP contribution in [0.25, 0.3) is 0 Å². The van der Waals surface area contributed by atoms with Crippen LogP contribution in [0.1, 0.15) is 10.4 Å². The third-order valence-electron chi connectivity index (χ3n) is 2.94. The van der Waals surface area contributed by atoms with E-state index in [9.17, 15) is 14.0 Å². The van der Waals surface area contributed by atoms with Gasteiger partial charge in [0.15, 0.2) is 0 Å². The van der Waals surface area contributed by atoms with Crippen LogP contribution in [0.5, 0.6) is 11.5 Å². The summed E-state index contributed by atoms with van der Waals surface area (Å²) in [5.74, 6) is -0.711. The Bertz CT molecular complexity index is 717. The molecule has 7 heteroatoms. The molecule has 0 saturated carbocycles. The molecular weight excluding hydrogens is 303 g/mol. The van der Waals surface area contributed by atoms with Gasteiger partial charge in [-0.2, -0.15) is 0 Å². The van der Waals surface area contributed by atoms with E-state index in [4.69, 9.17) is 10.5 Å². The van der Waals surface area contributed by atoms with Crippen LogP contribution in [0, 0.1) is 5.82 Å². The first-order valence-corrected chi connectivity index (χ1v) is 6.67. The molecule has 0 bridgehead atoms. The van der Waals surface area contributed by atoms with Gasteiger partial charge in [0.1, 0.15) is 23.9 Å². The summed E-state index contributed by atoms with van der Waals surface area (Å²) in [5, 5.41) is 2.39. The lowest BCUT2D eigenvalue weighted by atomic mass is 10.1. The Morgan fingerprint density at radius 1 is 1.13 bits per heavy atom. The number of halogens is 1. The highest BCUT2D eigenvalue weighted by atomic mass is 19.1. The topological polar surface area (TPSA) is 90.6 Å². The van der Waals surface area contributed by atoms with Gasteiger partial charge in [-0.15, -0.1) is 0 Å². The molecule has 0 aliphatic carbocycles. The Morgan fingerprint density at radius 3 is 2.43 bits per heavy atom. The van der Waals surface area contributed by atoms with Crippen LogP contribution in [0.15, 0.2) is 42.5 Å². The predicted molar refractivity (Wildman–Crippen MR) is 81.7 cm³/mol. The van der Waals surface area contributed by atoms with Crippen molar-refractivity contribution in [2.24, 2.45) is 0 Å². The lowest BCUT2D eigenvalue weighted by Gasteiger charge is -2.10. The second kappa shape index (κ2) is 7.26. The van der Waals surface area contributed by atoms with Crippen molar-refractivity contribution < 1.29 is 23.5 Å². The number of anilines is 1. The molecule has 0 aliphatic rings. The van der Waals surface area contributed by atoms with Crippen molar-refractivity contribution in [1.29, 1.82) is 0 Å². The molecule has 2 rings (SSSR count). The summed E-state index contributed by atoms with van der Waals surface area (Å²) in [5.41, 5.74) is 6.16. The smallest absolute Gasteiger partial charge is 0.325 e. The molecule has 0 aromatic heterocycles. The highest BCUT2D eigenvalue weighted by Crippen LogP contribution is 2.25. The maximum atomic E-state index is 12.9. The van der Waals surface area contributed by atoms with E-state index in [1.54, 1.807) is 6.07 Å². The van der Waals surface area contributed by atoms with Crippen molar-refractivity contribution in [2.75, 3.05) is 19.4 Å². The van der Waals surface area contributed by atoms with E-state index in [0.29, 0.717) is 11.5 Å². The fourth-order valence-corrected chi connectivity index (χ4v) is 1.75. The van der Waals surface area contributed by atoms with Gasteiger partial charge in [-0.05, 0) is 42.5 Å². The van der Waals surface area contributed by atoms with E-state index in [2.05, 4.69) is 10.1 Å². The lowest BCUT2D eigenvalue weighted by molar-refractivity contribution is -0.139. The number of hydrogen-bond donors (Lipinski definition) is 2. The van der Waals surface area contributed by atoms with Gasteiger partial charge in [-0.25, -0.2) is 4.39 Å². The van der Waals surface area contributed by atoms with E-state index in [-0.39, 0.29) is 23.6 Å². The second-order valence-corrected chi connectivity index (χ2v) is 4.56. The van der Waals surface area contributed by atoms with Gasteiger partial charge in [0.05, 0.1) is 12.7 Å². The summed E-state index contributed by atoms with van der Waals surface area (Å²) in [6.07, 6.45) is 0. The Balaban J connectivity index is 2.13. The molecule has 0 unspecified atom stereocenters. The predicted octanol–water partition coefficient (Wildman–Crippen LogP) is 2.10. The number of carbonyl (C=O) groups excluding carboxylic acids is 2. The maximum Gasteiger partial charge on any atom is 0.325 e. The van der Waals surface area contributed by atoms with Crippen molar-refractivity contribution in [3.8, 4) is 11.5 Å². The fourth-order valence-electron chi connectivity index (χ4n) is 1.75. The molecule has 1 amide bonds. The molecule has 2 aromatic carbocycles. The molecule has 0 atom stereocenters. The van der Waals surface area contributed by atoms with Crippen molar-refractivity contribution in [3.63, 3.8) is 0 Å². The summed E-state index contributed by atoms with van der Waals surface area (Å²) < 4.78 is 22.8. The maximum absolute atomic E-state index is 12.9. The Hall–Kier alpha value is -3.09. The zero-order valence-electron chi connectivity index (χ0n) is 12.3. The first kappa shape index (κ1) is 16.3.